The van der Waals surface area contributed by atoms with E-state index in [-0.39, 0.29) is 0 Å². The van der Waals surface area contributed by atoms with Crippen molar-refractivity contribution >= 4 is 5.84 Å². The predicted molar refractivity (Wildman–Crippen MR) is 62.2 cm³/mol. The summed E-state index contributed by atoms with van der Waals surface area (Å²) >= 11 is 0. The number of hydrogen-bond donors (Lipinski definition) is 2. The molecule has 1 rings (SSSR count). The first-order valence-corrected chi connectivity index (χ1v) is 5.80. The summed E-state index contributed by atoms with van der Waals surface area (Å²) in [4.78, 5) is 2.50. The molecule has 1 fully saturated rings. The van der Waals surface area contributed by atoms with Gasteiger partial charge in [0.25, 0.3) is 0 Å². The van der Waals surface area contributed by atoms with E-state index in [0.717, 1.165) is 45.0 Å². The lowest BCUT2D eigenvalue weighted by Crippen LogP contribution is -2.30. The van der Waals surface area contributed by atoms with Crippen molar-refractivity contribution in [2.75, 3.05) is 26.8 Å². The molecule has 0 aromatic heterocycles. The molecule has 0 radical (unpaired) electrons. The minimum absolute atomic E-state index is 0.310. The van der Waals surface area contributed by atoms with E-state index in [2.05, 4.69) is 4.90 Å². The first-order chi connectivity index (χ1) is 7.24. The Labute approximate surface area is 92.3 Å². The molecule has 1 saturated carbocycles. The van der Waals surface area contributed by atoms with Gasteiger partial charge in [-0.25, -0.2) is 0 Å². The van der Waals surface area contributed by atoms with E-state index in [1.54, 1.807) is 7.11 Å². The highest BCUT2D eigenvalue weighted by molar-refractivity contribution is 5.76. The molecule has 1 aliphatic carbocycles. The summed E-state index contributed by atoms with van der Waals surface area (Å²) in [7, 11) is 1.75. The largest absolute Gasteiger partial charge is 0.388 e. The van der Waals surface area contributed by atoms with Gasteiger partial charge in [-0.05, 0) is 32.2 Å². The molecule has 4 heteroatoms. The minimum Gasteiger partial charge on any atom is -0.388 e. The Morgan fingerprint density at radius 2 is 2.13 bits per heavy atom. The SMILES string of the molecule is COCCN(CCCCC(=N)N)C1CC1. The van der Waals surface area contributed by atoms with Gasteiger partial charge in [0.15, 0.2) is 0 Å². The molecular weight excluding hydrogens is 190 g/mol. The average molecular weight is 213 g/mol. The first-order valence-electron chi connectivity index (χ1n) is 5.80. The molecule has 0 spiro atoms. The van der Waals surface area contributed by atoms with Crippen molar-refractivity contribution in [3.05, 3.63) is 0 Å². The van der Waals surface area contributed by atoms with Crippen LogP contribution in [0, 0.1) is 5.41 Å². The van der Waals surface area contributed by atoms with Crippen LogP contribution in [-0.4, -0.2) is 43.6 Å². The van der Waals surface area contributed by atoms with E-state index in [9.17, 15) is 0 Å². The number of nitrogens with two attached hydrogens (primary N) is 1. The summed E-state index contributed by atoms with van der Waals surface area (Å²) in [6.45, 7) is 2.99. The van der Waals surface area contributed by atoms with Crippen molar-refractivity contribution in [3.63, 3.8) is 0 Å². The predicted octanol–water partition coefficient (Wildman–Crippen LogP) is 1.20. The summed E-state index contributed by atoms with van der Waals surface area (Å²) in [5.74, 6) is 0.310. The van der Waals surface area contributed by atoms with Gasteiger partial charge in [-0.1, -0.05) is 0 Å². The molecule has 0 atom stereocenters. The van der Waals surface area contributed by atoms with Crippen LogP contribution in [0.2, 0.25) is 0 Å². The first kappa shape index (κ1) is 12.5. The smallest absolute Gasteiger partial charge is 0.0905 e. The van der Waals surface area contributed by atoms with Crippen LogP contribution in [0.1, 0.15) is 32.1 Å². The lowest BCUT2D eigenvalue weighted by atomic mass is 10.2. The van der Waals surface area contributed by atoms with Crippen LogP contribution < -0.4 is 5.73 Å². The topological polar surface area (TPSA) is 62.3 Å². The Balaban J connectivity index is 2.06. The summed E-state index contributed by atoms with van der Waals surface area (Å²) in [5.41, 5.74) is 5.31. The van der Waals surface area contributed by atoms with Gasteiger partial charge < -0.3 is 10.5 Å². The summed E-state index contributed by atoms with van der Waals surface area (Å²) in [6, 6.07) is 0.803. The molecule has 0 heterocycles. The van der Waals surface area contributed by atoms with E-state index in [1.165, 1.54) is 12.8 Å². The summed E-state index contributed by atoms with van der Waals surface area (Å²) < 4.78 is 5.10. The molecule has 1 aliphatic rings. The molecule has 0 aromatic carbocycles. The lowest BCUT2D eigenvalue weighted by molar-refractivity contribution is 0.142. The monoisotopic (exact) mass is 213 g/mol. The Hall–Kier alpha value is -0.610. The van der Waals surface area contributed by atoms with E-state index in [1.807, 2.05) is 0 Å². The van der Waals surface area contributed by atoms with Gasteiger partial charge in [0.2, 0.25) is 0 Å². The normalized spacial score (nSPS) is 15.9. The van der Waals surface area contributed by atoms with Crippen LogP contribution in [-0.2, 0) is 4.74 Å². The second-order valence-corrected chi connectivity index (χ2v) is 4.24. The third-order valence-corrected chi connectivity index (χ3v) is 2.79. The molecule has 0 unspecified atom stereocenters. The fourth-order valence-electron chi connectivity index (χ4n) is 1.76. The zero-order valence-electron chi connectivity index (χ0n) is 9.67. The highest BCUT2D eigenvalue weighted by Gasteiger charge is 2.27. The maximum atomic E-state index is 7.13. The van der Waals surface area contributed by atoms with Gasteiger partial charge in [-0.2, -0.15) is 0 Å². The van der Waals surface area contributed by atoms with E-state index in [4.69, 9.17) is 15.9 Å². The van der Waals surface area contributed by atoms with Crippen LogP contribution in [0.25, 0.3) is 0 Å². The van der Waals surface area contributed by atoms with Gasteiger partial charge >= 0.3 is 0 Å². The van der Waals surface area contributed by atoms with Crippen molar-refractivity contribution in [1.82, 2.24) is 4.90 Å². The number of rotatable bonds is 9. The molecule has 0 saturated heterocycles. The average Bonchev–Trinajstić information content (AvgIpc) is 3.00. The molecule has 4 nitrogen and oxygen atoms in total. The molecular formula is C11H23N3O. The van der Waals surface area contributed by atoms with Crippen LogP contribution >= 0.6 is 0 Å². The molecule has 88 valence electrons. The van der Waals surface area contributed by atoms with Crippen LogP contribution in [0.3, 0.4) is 0 Å². The standard InChI is InChI=1S/C11H23N3O/c1-15-9-8-14(10-5-6-10)7-3-2-4-11(12)13/h10H,2-9H2,1H3,(H3,12,13). The second-order valence-electron chi connectivity index (χ2n) is 4.24. The molecule has 0 aromatic rings. The molecule has 15 heavy (non-hydrogen) atoms. The zero-order valence-corrected chi connectivity index (χ0v) is 9.67. The quantitative estimate of drug-likeness (QED) is 0.344. The van der Waals surface area contributed by atoms with E-state index < -0.39 is 0 Å². The fourth-order valence-corrected chi connectivity index (χ4v) is 1.76. The van der Waals surface area contributed by atoms with Crippen molar-refractivity contribution < 1.29 is 4.74 Å². The Morgan fingerprint density at radius 1 is 1.40 bits per heavy atom. The fraction of sp³-hybridized carbons (Fsp3) is 0.909. The number of nitrogens with zero attached hydrogens (tertiary/aromatic N) is 1. The highest BCUT2D eigenvalue weighted by atomic mass is 16.5. The molecule has 0 bridgehead atoms. The number of nitrogens with one attached hydrogen (secondary N) is 1. The summed E-state index contributed by atoms with van der Waals surface area (Å²) in [6.07, 6.45) is 5.60. The summed E-state index contributed by atoms with van der Waals surface area (Å²) in [5, 5.41) is 7.13. The third kappa shape index (κ3) is 5.74. The Bertz CT molecular complexity index is 192. The van der Waals surface area contributed by atoms with Gasteiger partial charge in [0, 0.05) is 26.1 Å². The minimum atomic E-state index is 0.310. The van der Waals surface area contributed by atoms with Gasteiger partial charge in [-0.3, -0.25) is 10.3 Å². The van der Waals surface area contributed by atoms with Crippen LogP contribution in [0.15, 0.2) is 0 Å². The number of methoxy groups -OCH3 is 1. The van der Waals surface area contributed by atoms with Crippen molar-refractivity contribution in [2.24, 2.45) is 5.73 Å². The number of unbranched alkanes of at least 4 members (excludes halogenated alkanes) is 1. The number of hydrogen-bond acceptors (Lipinski definition) is 3. The maximum absolute atomic E-state index is 7.13. The second kappa shape index (κ2) is 6.80. The number of ether oxygens (including phenoxy) is 1. The van der Waals surface area contributed by atoms with Gasteiger partial charge in [0.1, 0.15) is 0 Å². The van der Waals surface area contributed by atoms with Crippen molar-refractivity contribution in [1.29, 1.82) is 5.41 Å². The highest BCUT2D eigenvalue weighted by Crippen LogP contribution is 2.26. The zero-order chi connectivity index (χ0) is 11.1. The van der Waals surface area contributed by atoms with E-state index >= 15 is 0 Å². The maximum Gasteiger partial charge on any atom is 0.0905 e. The molecule has 3 N–H and O–H groups in total. The third-order valence-electron chi connectivity index (χ3n) is 2.79. The molecule has 0 amide bonds. The van der Waals surface area contributed by atoms with E-state index in [0.29, 0.717) is 5.84 Å². The Kier molecular flexibility index (Phi) is 5.65. The Morgan fingerprint density at radius 3 is 2.67 bits per heavy atom. The van der Waals surface area contributed by atoms with Crippen molar-refractivity contribution in [3.8, 4) is 0 Å². The lowest BCUT2D eigenvalue weighted by Gasteiger charge is -2.21. The number of amidine groups is 1. The van der Waals surface area contributed by atoms with Gasteiger partial charge in [0.05, 0.1) is 12.4 Å². The van der Waals surface area contributed by atoms with Crippen molar-refractivity contribution in [2.45, 2.75) is 38.1 Å². The van der Waals surface area contributed by atoms with Crippen LogP contribution in [0.5, 0.6) is 0 Å². The van der Waals surface area contributed by atoms with Gasteiger partial charge in [-0.15, -0.1) is 0 Å². The molecule has 0 aliphatic heterocycles. The van der Waals surface area contributed by atoms with Crippen LogP contribution in [0.4, 0.5) is 0 Å².